The summed E-state index contributed by atoms with van der Waals surface area (Å²) >= 11 is 2.32. The number of benzene rings is 1. The number of anilines is 3. The molecule has 1 rings (SSSR count). The van der Waals surface area contributed by atoms with Crippen molar-refractivity contribution in [2.24, 2.45) is 0 Å². The lowest BCUT2D eigenvalue weighted by atomic mass is 10.2. The third-order valence-corrected chi connectivity index (χ3v) is 2.64. The van der Waals surface area contributed by atoms with Gasteiger partial charge in [0.15, 0.2) is 0 Å². The minimum absolute atomic E-state index is 0.0882. The number of hydrogen-bond acceptors (Lipinski definition) is 3. The molecule has 5 heteroatoms. The largest absolute Gasteiger partial charge is 0.399 e. The monoisotopic (exact) mass is 333 g/mol. The van der Waals surface area contributed by atoms with Gasteiger partial charge in [0.1, 0.15) is 0 Å². The minimum Gasteiger partial charge on any atom is -0.399 e. The van der Waals surface area contributed by atoms with E-state index in [9.17, 15) is 4.79 Å². The fraction of sp³-hybridized carbons (Fsp3) is 0.364. The molecule has 0 fully saturated rings. The fourth-order valence-electron chi connectivity index (χ4n) is 1.42. The van der Waals surface area contributed by atoms with Crippen molar-refractivity contribution in [1.29, 1.82) is 0 Å². The van der Waals surface area contributed by atoms with E-state index in [0.29, 0.717) is 5.69 Å². The SMILES string of the molecule is CC(=O)Nc1cc(N)ccc1N(C)CCI. The van der Waals surface area contributed by atoms with E-state index in [1.165, 1.54) is 6.92 Å². The molecule has 0 aromatic heterocycles. The molecule has 88 valence electrons. The number of halogens is 1. The molecule has 16 heavy (non-hydrogen) atoms. The zero-order valence-electron chi connectivity index (χ0n) is 9.46. The summed E-state index contributed by atoms with van der Waals surface area (Å²) < 4.78 is 1.03. The Labute approximate surface area is 109 Å². The Bertz CT molecular complexity index is 381. The zero-order chi connectivity index (χ0) is 12.1. The van der Waals surface area contributed by atoms with Crippen molar-refractivity contribution >= 4 is 45.6 Å². The number of nitrogens with two attached hydrogens (primary N) is 1. The van der Waals surface area contributed by atoms with Gasteiger partial charge in [0.25, 0.3) is 0 Å². The molecule has 0 unspecified atom stereocenters. The van der Waals surface area contributed by atoms with Gasteiger partial charge in [0.05, 0.1) is 11.4 Å². The van der Waals surface area contributed by atoms with Gasteiger partial charge in [0.2, 0.25) is 5.91 Å². The summed E-state index contributed by atoms with van der Waals surface area (Å²) in [7, 11) is 2.00. The van der Waals surface area contributed by atoms with E-state index in [1.54, 1.807) is 6.07 Å². The summed E-state index contributed by atoms with van der Waals surface area (Å²) in [4.78, 5) is 13.2. The summed E-state index contributed by atoms with van der Waals surface area (Å²) in [5.41, 5.74) is 8.11. The molecule has 0 saturated carbocycles. The van der Waals surface area contributed by atoms with Gasteiger partial charge in [-0.1, -0.05) is 22.6 Å². The highest BCUT2D eigenvalue weighted by molar-refractivity contribution is 14.1. The second-order valence-electron chi connectivity index (χ2n) is 3.57. The Kier molecular flexibility index (Phi) is 4.85. The number of nitrogens with zero attached hydrogens (tertiary/aromatic N) is 1. The van der Waals surface area contributed by atoms with Crippen LogP contribution in [-0.2, 0) is 4.79 Å². The Morgan fingerprint density at radius 3 is 2.81 bits per heavy atom. The van der Waals surface area contributed by atoms with E-state index >= 15 is 0 Å². The van der Waals surface area contributed by atoms with Crippen molar-refractivity contribution in [3.8, 4) is 0 Å². The van der Waals surface area contributed by atoms with Gasteiger partial charge in [-0.15, -0.1) is 0 Å². The molecule has 0 aliphatic rings. The molecule has 3 N–H and O–H groups in total. The molecule has 1 aromatic rings. The number of nitrogen functional groups attached to an aromatic ring is 1. The Morgan fingerprint density at radius 2 is 2.25 bits per heavy atom. The molecule has 0 saturated heterocycles. The van der Waals surface area contributed by atoms with Crippen LogP contribution >= 0.6 is 22.6 Å². The Balaban J connectivity index is 3.01. The van der Waals surface area contributed by atoms with Crippen LogP contribution in [0.5, 0.6) is 0 Å². The van der Waals surface area contributed by atoms with Crippen LogP contribution in [0.25, 0.3) is 0 Å². The van der Waals surface area contributed by atoms with Crippen LogP contribution in [0.2, 0.25) is 0 Å². The van der Waals surface area contributed by atoms with Crippen molar-refractivity contribution in [2.45, 2.75) is 6.92 Å². The fourth-order valence-corrected chi connectivity index (χ4v) is 2.15. The predicted octanol–water partition coefficient (Wildman–Crippen LogP) is 2.10. The molecule has 0 aliphatic carbocycles. The number of rotatable bonds is 4. The van der Waals surface area contributed by atoms with Gasteiger partial charge in [0, 0.05) is 30.6 Å². The van der Waals surface area contributed by atoms with E-state index < -0.39 is 0 Å². The summed E-state index contributed by atoms with van der Waals surface area (Å²) in [5, 5.41) is 2.79. The van der Waals surface area contributed by atoms with Crippen molar-refractivity contribution < 1.29 is 4.79 Å². The second-order valence-corrected chi connectivity index (χ2v) is 4.65. The maximum Gasteiger partial charge on any atom is 0.221 e. The molecular weight excluding hydrogens is 317 g/mol. The highest BCUT2D eigenvalue weighted by Crippen LogP contribution is 2.27. The first-order valence-corrected chi connectivity index (χ1v) is 6.51. The smallest absolute Gasteiger partial charge is 0.221 e. The van der Waals surface area contributed by atoms with E-state index in [1.807, 2.05) is 19.2 Å². The molecule has 0 atom stereocenters. The molecule has 0 heterocycles. The van der Waals surface area contributed by atoms with E-state index in [-0.39, 0.29) is 5.91 Å². The van der Waals surface area contributed by atoms with Crippen LogP contribution in [0.3, 0.4) is 0 Å². The highest BCUT2D eigenvalue weighted by atomic mass is 127. The average molecular weight is 333 g/mol. The van der Waals surface area contributed by atoms with Crippen molar-refractivity contribution in [3.05, 3.63) is 18.2 Å². The highest BCUT2D eigenvalue weighted by Gasteiger charge is 2.08. The molecule has 0 spiro atoms. The summed E-state index contributed by atoms with van der Waals surface area (Å²) in [6.07, 6.45) is 0. The quantitative estimate of drug-likeness (QED) is 0.504. The maximum atomic E-state index is 11.1. The first-order chi connectivity index (χ1) is 7.54. The summed E-state index contributed by atoms with van der Waals surface area (Å²) in [5.74, 6) is -0.0882. The van der Waals surface area contributed by atoms with Gasteiger partial charge in [-0.3, -0.25) is 4.79 Å². The first-order valence-electron chi connectivity index (χ1n) is 4.99. The van der Waals surface area contributed by atoms with Crippen LogP contribution in [0.1, 0.15) is 6.92 Å². The van der Waals surface area contributed by atoms with Gasteiger partial charge in [-0.25, -0.2) is 0 Å². The van der Waals surface area contributed by atoms with E-state index in [4.69, 9.17) is 5.73 Å². The second kappa shape index (κ2) is 5.93. The van der Waals surface area contributed by atoms with Gasteiger partial charge in [-0.05, 0) is 18.2 Å². The molecule has 0 radical (unpaired) electrons. The number of alkyl halides is 1. The normalized spacial score (nSPS) is 9.94. The van der Waals surface area contributed by atoms with Gasteiger partial charge in [-0.2, -0.15) is 0 Å². The summed E-state index contributed by atoms with van der Waals surface area (Å²) in [6.45, 7) is 2.42. The zero-order valence-corrected chi connectivity index (χ0v) is 11.6. The molecular formula is C11H16IN3O. The van der Waals surface area contributed by atoms with Gasteiger partial charge >= 0.3 is 0 Å². The molecule has 4 nitrogen and oxygen atoms in total. The Morgan fingerprint density at radius 1 is 1.56 bits per heavy atom. The number of hydrogen-bond donors (Lipinski definition) is 2. The van der Waals surface area contributed by atoms with Crippen LogP contribution < -0.4 is 16.0 Å². The minimum atomic E-state index is -0.0882. The van der Waals surface area contributed by atoms with Crippen LogP contribution in [0.4, 0.5) is 17.1 Å². The average Bonchev–Trinajstić information content (AvgIpc) is 2.16. The number of carbonyl (C=O) groups is 1. The maximum absolute atomic E-state index is 11.1. The molecule has 1 amide bonds. The first kappa shape index (κ1) is 13.1. The number of carbonyl (C=O) groups excluding carboxylic acids is 1. The standard InChI is InChI=1S/C11H16IN3O/c1-8(16)14-10-7-9(13)3-4-11(10)15(2)6-5-12/h3-4,7H,5-6,13H2,1-2H3,(H,14,16). The topological polar surface area (TPSA) is 58.4 Å². The molecule has 0 bridgehead atoms. The van der Waals surface area contributed by atoms with E-state index in [0.717, 1.165) is 22.3 Å². The van der Waals surface area contributed by atoms with Crippen LogP contribution in [0, 0.1) is 0 Å². The van der Waals surface area contributed by atoms with E-state index in [2.05, 4.69) is 32.8 Å². The van der Waals surface area contributed by atoms with Crippen molar-refractivity contribution in [3.63, 3.8) is 0 Å². The number of amides is 1. The third-order valence-electron chi connectivity index (χ3n) is 2.16. The van der Waals surface area contributed by atoms with Crippen LogP contribution in [-0.4, -0.2) is 23.9 Å². The lowest BCUT2D eigenvalue weighted by Crippen LogP contribution is -2.21. The van der Waals surface area contributed by atoms with Crippen LogP contribution in [0.15, 0.2) is 18.2 Å². The predicted molar refractivity (Wildman–Crippen MR) is 77.3 cm³/mol. The van der Waals surface area contributed by atoms with Gasteiger partial charge < -0.3 is 16.0 Å². The van der Waals surface area contributed by atoms with Crippen molar-refractivity contribution in [1.82, 2.24) is 0 Å². The lowest BCUT2D eigenvalue weighted by Gasteiger charge is -2.21. The van der Waals surface area contributed by atoms with Crippen molar-refractivity contribution in [2.75, 3.05) is 34.0 Å². The number of nitrogens with one attached hydrogen (secondary N) is 1. The summed E-state index contributed by atoms with van der Waals surface area (Å²) in [6, 6.07) is 5.54. The third kappa shape index (κ3) is 3.55. The Hall–Kier alpha value is -0.980. The lowest BCUT2D eigenvalue weighted by molar-refractivity contribution is -0.114. The molecule has 1 aromatic carbocycles. The molecule has 0 aliphatic heterocycles.